The Morgan fingerprint density at radius 3 is 2.50 bits per heavy atom. The molecule has 0 radical (unpaired) electrons. The summed E-state index contributed by atoms with van der Waals surface area (Å²) in [6.45, 7) is 0. The molecule has 64 valence electrons. The van der Waals surface area contributed by atoms with Gasteiger partial charge in [0.15, 0.2) is 0 Å². The first-order valence-corrected chi connectivity index (χ1v) is 3.25. The van der Waals surface area contributed by atoms with E-state index in [-0.39, 0.29) is 6.08 Å². The molecule has 1 nitrogen and oxygen atoms in total. The van der Waals surface area contributed by atoms with Crippen LogP contribution >= 0.6 is 0 Å². The quantitative estimate of drug-likeness (QED) is 0.636. The van der Waals surface area contributed by atoms with E-state index in [4.69, 9.17) is 0 Å². The topological polar surface area (TPSA) is 12.9 Å². The van der Waals surface area contributed by atoms with E-state index in [2.05, 4.69) is 4.98 Å². The van der Waals surface area contributed by atoms with Crippen molar-refractivity contribution >= 4 is 6.08 Å². The van der Waals surface area contributed by atoms with Crippen molar-refractivity contribution < 1.29 is 13.2 Å². The van der Waals surface area contributed by atoms with Crippen LogP contribution in [0.25, 0.3) is 6.08 Å². The molecule has 0 aromatic carbocycles. The Labute approximate surface area is 67.6 Å². The molecular weight excluding hydrogens is 167 g/mol. The average molecular weight is 173 g/mol. The maximum atomic E-state index is 11.6. The van der Waals surface area contributed by atoms with Crippen LogP contribution < -0.4 is 0 Å². The first-order valence-electron chi connectivity index (χ1n) is 3.25. The zero-order chi connectivity index (χ0) is 9.03. The first-order chi connectivity index (χ1) is 5.58. The van der Waals surface area contributed by atoms with E-state index in [0.717, 1.165) is 6.08 Å². The summed E-state index contributed by atoms with van der Waals surface area (Å²) in [6.07, 6.45) is -1.73. The van der Waals surface area contributed by atoms with E-state index >= 15 is 0 Å². The smallest absolute Gasteiger partial charge is 0.257 e. The molecule has 0 saturated carbocycles. The number of pyridine rings is 1. The highest BCUT2D eigenvalue weighted by Gasteiger charge is 2.21. The van der Waals surface area contributed by atoms with Crippen molar-refractivity contribution in [3.8, 4) is 0 Å². The van der Waals surface area contributed by atoms with Gasteiger partial charge in [0.1, 0.15) is 0 Å². The number of rotatable bonds is 1. The van der Waals surface area contributed by atoms with Gasteiger partial charge in [-0.1, -0.05) is 6.07 Å². The Morgan fingerprint density at radius 1 is 1.25 bits per heavy atom. The third-order valence-electron chi connectivity index (χ3n) is 1.13. The second-order valence-corrected chi connectivity index (χ2v) is 2.13. The Kier molecular flexibility index (Phi) is 2.47. The van der Waals surface area contributed by atoms with Crippen molar-refractivity contribution in [2.75, 3.05) is 0 Å². The van der Waals surface area contributed by atoms with Crippen molar-refractivity contribution in [3.05, 3.63) is 36.2 Å². The maximum Gasteiger partial charge on any atom is 0.409 e. The summed E-state index contributed by atoms with van der Waals surface area (Å²) in [6, 6.07) is 4.77. The van der Waals surface area contributed by atoms with Crippen LogP contribution in [0.15, 0.2) is 30.5 Å². The van der Waals surface area contributed by atoms with E-state index in [1.807, 2.05) is 0 Å². The minimum Gasteiger partial charge on any atom is -0.257 e. The third kappa shape index (κ3) is 3.18. The molecule has 1 heterocycles. The number of aromatic nitrogens is 1. The number of hydrogen-bond donors (Lipinski definition) is 0. The Morgan fingerprint density at radius 2 is 2.00 bits per heavy atom. The minimum atomic E-state index is -4.27. The van der Waals surface area contributed by atoms with Crippen molar-refractivity contribution in [3.63, 3.8) is 0 Å². The molecule has 0 saturated heterocycles. The molecule has 1 rings (SSSR count). The molecule has 0 aliphatic carbocycles. The fraction of sp³-hybridized carbons (Fsp3) is 0.125. The van der Waals surface area contributed by atoms with Crippen LogP contribution in [0.1, 0.15) is 5.69 Å². The van der Waals surface area contributed by atoms with Crippen LogP contribution in [0.5, 0.6) is 0 Å². The van der Waals surface area contributed by atoms with Crippen LogP contribution in [-0.2, 0) is 0 Å². The fourth-order valence-electron chi connectivity index (χ4n) is 0.654. The Hall–Kier alpha value is -1.32. The van der Waals surface area contributed by atoms with Crippen molar-refractivity contribution in [1.29, 1.82) is 0 Å². The predicted octanol–water partition coefficient (Wildman–Crippen LogP) is 2.66. The lowest BCUT2D eigenvalue weighted by molar-refractivity contribution is -0.0790. The lowest BCUT2D eigenvalue weighted by Gasteiger charge is -1.96. The monoisotopic (exact) mass is 173 g/mol. The normalized spacial score (nSPS) is 12.2. The molecule has 1 aromatic rings. The van der Waals surface area contributed by atoms with Gasteiger partial charge in [-0.15, -0.1) is 0 Å². The molecule has 0 bridgehead atoms. The highest BCUT2D eigenvalue weighted by molar-refractivity contribution is 5.44. The molecule has 0 unspecified atom stereocenters. The number of allylic oxidation sites excluding steroid dienone is 1. The van der Waals surface area contributed by atoms with Gasteiger partial charge in [0.2, 0.25) is 0 Å². The zero-order valence-electron chi connectivity index (χ0n) is 6.05. The molecule has 0 aliphatic heterocycles. The van der Waals surface area contributed by atoms with Gasteiger partial charge >= 0.3 is 6.18 Å². The van der Waals surface area contributed by atoms with E-state index in [1.54, 1.807) is 12.1 Å². The predicted molar refractivity (Wildman–Crippen MR) is 39.3 cm³/mol. The van der Waals surface area contributed by atoms with Gasteiger partial charge in [-0.05, 0) is 18.2 Å². The first kappa shape index (κ1) is 8.77. The molecule has 4 heteroatoms. The number of hydrogen-bond acceptors (Lipinski definition) is 1. The van der Waals surface area contributed by atoms with Gasteiger partial charge in [-0.25, -0.2) is 0 Å². The van der Waals surface area contributed by atoms with Gasteiger partial charge in [-0.2, -0.15) is 13.2 Å². The zero-order valence-corrected chi connectivity index (χ0v) is 6.05. The molecule has 0 N–H and O–H groups in total. The minimum absolute atomic E-state index is 0.162. The third-order valence-corrected chi connectivity index (χ3v) is 1.13. The average Bonchev–Trinajstić information content (AvgIpc) is 2.02. The van der Waals surface area contributed by atoms with E-state index < -0.39 is 6.18 Å². The summed E-state index contributed by atoms with van der Waals surface area (Å²) in [5.74, 6) is 0. The molecular formula is C8H6F3N. The van der Waals surface area contributed by atoms with Crippen molar-refractivity contribution in [2.45, 2.75) is 6.18 Å². The number of nitrogens with zero attached hydrogens (tertiary/aromatic N) is 1. The molecule has 0 aliphatic rings. The van der Waals surface area contributed by atoms with Crippen LogP contribution in [0.3, 0.4) is 0 Å². The number of halogens is 3. The maximum absolute atomic E-state index is 11.6. The molecule has 0 spiro atoms. The van der Waals surface area contributed by atoms with E-state index in [9.17, 15) is 13.2 Å². The summed E-state index contributed by atoms with van der Waals surface area (Å²) in [5, 5.41) is 0. The van der Waals surface area contributed by atoms with E-state index in [1.165, 1.54) is 12.3 Å². The summed E-state index contributed by atoms with van der Waals surface area (Å²) in [5.41, 5.74) is 0.301. The van der Waals surface area contributed by atoms with Gasteiger partial charge in [0.25, 0.3) is 0 Å². The molecule has 12 heavy (non-hydrogen) atoms. The van der Waals surface area contributed by atoms with Crippen LogP contribution in [0.4, 0.5) is 13.2 Å². The van der Waals surface area contributed by atoms with Gasteiger partial charge in [0.05, 0.1) is 5.69 Å². The van der Waals surface area contributed by atoms with Gasteiger partial charge in [0, 0.05) is 12.3 Å². The SMILES string of the molecule is FC(F)(F)/C=C/c1ccccn1. The summed E-state index contributed by atoms with van der Waals surface area (Å²) >= 11 is 0. The highest BCUT2D eigenvalue weighted by atomic mass is 19.4. The van der Waals surface area contributed by atoms with Crippen molar-refractivity contribution in [1.82, 2.24) is 4.98 Å². The number of alkyl halides is 3. The Bertz CT molecular complexity index is 263. The summed E-state index contributed by atoms with van der Waals surface area (Å²) in [4.78, 5) is 3.70. The van der Waals surface area contributed by atoms with Gasteiger partial charge in [-0.3, -0.25) is 4.98 Å². The van der Waals surface area contributed by atoms with Crippen LogP contribution in [0.2, 0.25) is 0 Å². The van der Waals surface area contributed by atoms with Gasteiger partial charge < -0.3 is 0 Å². The standard InChI is InChI=1S/C8H6F3N/c9-8(10,11)5-4-7-3-1-2-6-12-7/h1-6H/b5-4+. The highest BCUT2D eigenvalue weighted by Crippen LogP contribution is 2.17. The Balaban J connectivity index is 2.71. The van der Waals surface area contributed by atoms with Crippen LogP contribution in [0, 0.1) is 0 Å². The van der Waals surface area contributed by atoms with Crippen LogP contribution in [-0.4, -0.2) is 11.2 Å². The largest absolute Gasteiger partial charge is 0.409 e. The lowest BCUT2D eigenvalue weighted by atomic mass is 10.3. The second-order valence-electron chi connectivity index (χ2n) is 2.13. The summed E-state index contributed by atoms with van der Waals surface area (Å²) < 4.78 is 34.9. The van der Waals surface area contributed by atoms with E-state index in [0.29, 0.717) is 5.69 Å². The molecule has 1 aromatic heterocycles. The molecule has 0 amide bonds. The molecule has 0 fully saturated rings. The lowest BCUT2D eigenvalue weighted by Crippen LogP contribution is -2.00. The second kappa shape index (κ2) is 3.38. The fourth-order valence-corrected chi connectivity index (χ4v) is 0.654. The summed E-state index contributed by atoms with van der Waals surface area (Å²) in [7, 11) is 0. The van der Waals surface area contributed by atoms with Crippen molar-refractivity contribution in [2.24, 2.45) is 0 Å². The molecule has 0 atom stereocenters.